The molecule has 0 saturated heterocycles. The molecular formula is C12H12N4O4S. The van der Waals surface area contributed by atoms with Crippen LogP contribution in [0.2, 0.25) is 0 Å². The maximum Gasteiger partial charge on any atom is 0.339 e. The van der Waals surface area contributed by atoms with E-state index in [-0.39, 0.29) is 16.6 Å². The molecule has 0 spiro atoms. The Hall–Kier alpha value is -2.42. The highest BCUT2D eigenvalue weighted by atomic mass is 32.2. The summed E-state index contributed by atoms with van der Waals surface area (Å²) in [5.41, 5.74) is 6.26. The van der Waals surface area contributed by atoms with E-state index in [1.54, 1.807) is 0 Å². The summed E-state index contributed by atoms with van der Waals surface area (Å²) in [6.07, 6.45) is 5.38. The van der Waals surface area contributed by atoms with Gasteiger partial charge in [0, 0.05) is 17.3 Å². The molecule has 1 saturated carbocycles. The fraction of sp³-hybridized carbons (Fsp3) is 0.250. The van der Waals surface area contributed by atoms with Gasteiger partial charge in [-0.2, -0.15) is 9.19 Å². The lowest BCUT2D eigenvalue weighted by Crippen LogP contribution is -2.17. The van der Waals surface area contributed by atoms with Crippen LogP contribution in [0, 0.1) is 0 Å². The van der Waals surface area contributed by atoms with Crippen molar-refractivity contribution in [2.24, 2.45) is 0 Å². The smallest absolute Gasteiger partial charge is 0.339 e. The lowest BCUT2D eigenvalue weighted by molar-refractivity contribution is 0.0697. The normalized spacial score (nSPS) is 15.0. The SMILES string of the molecule is Nc1ncc(-c2cnn(S(=O)(=O)C3CC3)c2)cc1C(=O)O. The van der Waals surface area contributed by atoms with Crippen LogP contribution in [0.15, 0.2) is 24.7 Å². The summed E-state index contributed by atoms with van der Waals surface area (Å²) in [6, 6.07) is 1.34. The molecular weight excluding hydrogens is 296 g/mol. The summed E-state index contributed by atoms with van der Waals surface area (Å²) in [4.78, 5) is 14.8. The Labute approximate surface area is 120 Å². The van der Waals surface area contributed by atoms with E-state index in [9.17, 15) is 13.2 Å². The Morgan fingerprint density at radius 2 is 2.05 bits per heavy atom. The van der Waals surface area contributed by atoms with E-state index >= 15 is 0 Å². The molecule has 1 aliphatic carbocycles. The summed E-state index contributed by atoms with van der Waals surface area (Å²) in [7, 11) is -3.44. The number of carbonyl (C=O) groups is 1. The van der Waals surface area contributed by atoms with Crippen LogP contribution in [-0.2, 0) is 10.0 Å². The largest absolute Gasteiger partial charge is 0.478 e. The molecule has 0 aliphatic heterocycles. The van der Waals surface area contributed by atoms with Gasteiger partial charge in [0.2, 0.25) is 0 Å². The van der Waals surface area contributed by atoms with Gasteiger partial charge in [-0.25, -0.2) is 18.2 Å². The standard InChI is InChI=1S/C12H12N4O4S/c13-11-10(12(17)18)3-7(4-14-11)8-5-15-16(6-8)21(19,20)9-1-2-9/h3-6,9H,1-2H2,(H2,13,14)(H,17,18). The van der Waals surface area contributed by atoms with Crippen molar-refractivity contribution in [3.8, 4) is 11.1 Å². The number of nitrogen functional groups attached to an aromatic ring is 1. The Kier molecular flexibility index (Phi) is 2.94. The van der Waals surface area contributed by atoms with Crippen LogP contribution in [0.25, 0.3) is 11.1 Å². The topological polar surface area (TPSA) is 128 Å². The molecule has 1 aliphatic rings. The molecule has 1 fully saturated rings. The van der Waals surface area contributed by atoms with Crippen LogP contribution < -0.4 is 5.73 Å². The molecule has 110 valence electrons. The first-order valence-corrected chi connectivity index (χ1v) is 7.68. The number of nitrogens with two attached hydrogens (primary N) is 1. The minimum atomic E-state index is -3.44. The van der Waals surface area contributed by atoms with Gasteiger partial charge in [0.05, 0.1) is 17.6 Å². The van der Waals surface area contributed by atoms with E-state index in [2.05, 4.69) is 10.1 Å². The summed E-state index contributed by atoms with van der Waals surface area (Å²) >= 11 is 0. The van der Waals surface area contributed by atoms with Crippen molar-refractivity contribution >= 4 is 21.8 Å². The molecule has 2 heterocycles. The molecule has 8 nitrogen and oxygen atoms in total. The van der Waals surface area contributed by atoms with Crippen molar-refractivity contribution in [1.82, 2.24) is 14.2 Å². The lowest BCUT2D eigenvalue weighted by Gasteiger charge is -2.03. The highest BCUT2D eigenvalue weighted by Crippen LogP contribution is 2.30. The van der Waals surface area contributed by atoms with Crippen molar-refractivity contribution < 1.29 is 18.3 Å². The number of aromatic nitrogens is 3. The van der Waals surface area contributed by atoms with Crippen LogP contribution in [-0.4, -0.2) is 38.9 Å². The minimum absolute atomic E-state index is 0.0933. The molecule has 2 aromatic heterocycles. The molecule has 0 atom stereocenters. The Morgan fingerprint density at radius 1 is 1.33 bits per heavy atom. The van der Waals surface area contributed by atoms with E-state index in [1.807, 2.05) is 0 Å². The number of rotatable bonds is 4. The van der Waals surface area contributed by atoms with Crippen molar-refractivity contribution in [3.63, 3.8) is 0 Å². The lowest BCUT2D eigenvalue weighted by atomic mass is 10.1. The van der Waals surface area contributed by atoms with E-state index in [4.69, 9.17) is 10.8 Å². The molecule has 9 heteroatoms. The average molecular weight is 308 g/mol. The monoisotopic (exact) mass is 308 g/mol. The molecule has 3 rings (SSSR count). The first-order valence-electron chi connectivity index (χ1n) is 6.18. The van der Waals surface area contributed by atoms with Crippen molar-refractivity contribution in [1.29, 1.82) is 0 Å². The number of nitrogens with zero attached hydrogens (tertiary/aromatic N) is 3. The molecule has 0 bridgehead atoms. The Balaban J connectivity index is 2.00. The quantitative estimate of drug-likeness (QED) is 0.844. The Bertz CT molecular complexity index is 824. The number of pyridine rings is 1. The first-order chi connectivity index (χ1) is 9.89. The molecule has 0 radical (unpaired) electrons. The molecule has 2 aromatic rings. The predicted molar refractivity (Wildman–Crippen MR) is 74.2 cm³/mol. The van der Waals surface area contributed by atoms with E-state index < -0.39 is 16.0 Å². The van der Waals surface area contributed by atoms with Gasteiger partial charge in [-0.3, -0.25) is 0 Å². The second-order valence-electron chi connectivity index (χ2n) is 4.81. The van der Waals surface area contributed by atoms with Gasteiger partial charge in [0.15, 0.2) is 0 Å². The third-order valence-corrected chi connectivity index (χ3v) is 5.28. The number of carboxylic acids is 1. The second kappa shape index (κ2) is 4.55. The summed E-state index contributed by atoms with van der Waals surface area (Å²) in [5.74, 6) is -1.29. The van der Waals surface area contributed by atoms with Gasteiger partial charge >= 0.3 is 5.97 Å². The van der Waals surface area contributed by atoms with Gasteiger partial charge in [-0.1, -0.05) is 0 Å². The second-order valence-corrected chi connectivity index (χ2v) is 6.88. The zero-order valence-corrected chi connectivity index (χ0v) is 11.6. The van der Waals surface area contributed by atoms with Gasteiger partial charge in [-0.05, 0) is 18.9 Å². The fourth-order valence-electron chi connectivity index (χ4n) is 1.92. The number of carboxylic acid groups (broad SMARTS) is 1. The number of hydrogen-bond donors (Lipinski definition) is 2. The van der Waals surface area contributed by atoms with Gasteiger partial charge in [0.1, 0.15) is 11.4 Å². The average Bonchev–Trinajstić information content (AvgIpc) is 3.17. The number of aromatic carboxylic acids is 1. The Morgan fingerprint density at radius 3 is 2.67 bits per heavy atom. The fourth-order valence-corrected chi connectivity index (χ4v) is 3.39. The van der Waals surface area contributed by atoms with E-state index in [0.29, 0.717) is 24.0 Å². The maximum absolute atomic E-state index is 12.0. The molecule has 0 aromatic carbocycles. The highest BCUT2D eigenvalue weighted by molar-refractivity contribution is 7.90. The van der Waals surface area contributed by atoms with E-state index in [1.165, 1.54) is 24.7 Å². The molecule has 3 N–H and O–H groups in total. The van der Waals surface area contributed by atoms with Gasteiger partial charge < -0.3 is 10.8 Å². The summed E-state index contributed by atoms with van der Waals surface area (Å²) < 4.78 is 25.0. The highest BCUT2D eigenvalue weighted by Gasteiger charge is 2.37. The van der Waals surface area contributed by atoms with E-state index in [0.717, 1.165) is 4.09 Å². The third kappa shape index (κ3) is 2.35. The zero-order chi connectivity index (χ0) is 15.2. The van der Waals surface area contributed by atoms with Crippen LogP contribution in [0.5, 0.6) is 0 Å². The minimum Gasteiger partial charge on any atom is -0.478 e. The zero-order valence-electron chi connectivity index (χ0n) is 10.8. The van der Waals surface area contributed by atoms with Crippen LogP contribution in [0.3, 0.4) is 0 Å². The third-order valence-electron chi connectivity index (χ3n) is 3.25. The van der Waals surface area contributed by atoms with Crippen LogP contribution in [0.1, 0.15) is 23.2 Å². The maximum atomic E-state index is 12.0. The number of anilines is 1. The molecule has 0 amide bonds. The van der Waals surface area contributed by atoms with Crippen LogP contribution in [0.4, 0.5) is 5.82 Å². The number of hydrogen-bond acceptors (Lipinski definition) is 6. The first kappa shape index (κ1) is 13.6. The van der Waals surface area contributed by atoms with Crippen LogP contribution >= 0.6 is 0 Å². The van der Waals surface area contributed by atoms with Crippen molar-refractivity contribution in [2.45, 2.75) is 18.1 Å². The molecule has 0 unspecified atom stereocenters. The predicted octanol–water partition coefficient (Wildman–Crippen LogP) is 0.566. The summed E-state index contributed by atoms with van der Waals surface area (Å²) in [6.45, 7) is 0. The van der Waals surface area contributed by atoms with Gasteiger partial charge in [-0.15, -0.1) is 0 Å². The summed E-state index contributed by atoms with van der Waals surface area (Å²) in [5, 5.41) is 12.5. The molecule has 21 heavy (non-hydrogen) atoms. The van der Waals surface area contributed by atoms with Crippen molar-refractivity contribution in [2.75, 3.05) is 5.73 Å². The van der Waals surface area contributed by atoms with Crippen molar-refractivity contribution in [3.05, 3.63) is 30.2 Å². The van der Waals surface area contributed by atoms with Gasteiger partial charge in [0.25, 0.3) is 10.0 Å².